The van der Waals surface area contributed by atoms with Crippen molar-refractivity contribution < 1.29 is 18.0 Å². The third kappa shape index (κ3) is 3.33. The Bertz CT molecular complexity index is 822. The first-order chi connectivity index (χ1) is 10.9. The molecular weight excluding hydrogens is 307 g/mol. The first-order valence-electron chi connectivity index (χ1n) is 6.83. The molecule has 2 N–H and O–H groups in total. The minimum atomic E-state index is -4.52. The lowest BCUT2D eigenvalue weighted by Crippen LogP contribution is -2.18. The van der Waals surface area contributed by atoms with Gasteiger partial charge in [-0.2, -0.15) is 13.2 Å². The Morgan fingerprint density at radius 2 is 1.78 bits per heavy atom. The molecule has 0 bridgehead atoms. The number of amides is 1. The largest absolute Gasteiger partial charge is 0.418 e. The van der Waals surface area contributed by atoms with Gasteiger partial charge in [-0.3, -0.25) is 4.79 Å². The van der Waals surface area contributed by atoms with E-state index in [9.17, 15) is 18.0 Å². The number of alkyl halides is 3. The van der Waals surface area contributed by atoms with Gasteiger partial charge >= 0.3 is 6.18 Å². The van der Waals surface area contributed by atoms with Crippen molar-refractivity contribution in [3.63, 3.8) is 0 Å². The Balaban J connectivity index is 1.77. The summed E-state index contributed by atoms with van der Waals surface area (Å²) in [6.45, 7) is 0. The van der Waals surface area contributed by atoms with Crippen LogP contribution in [0.3, 0.4) is 0 Å². The Kier molecular flexibility index (Phi) is 3.77. The van der Waals surface area contributed by atoms with Crippen LogP contribution in [0.25, 0.3) is 11.0 Å². The van der Waals surface area contributed by atoms with Crippen LogP contribution in [0.5, 0.6) is 0 Å². The minimum absolute atomic E-state index is 0.138. The maximum atomic E-state index is 12.9. The van der Waals surface area contributed by atoms with Gasteiger partial charge in [0.15, 0.2) is 0 Å². The second kappa shape index (κ2) is 5.75. The standard InChI is InChI=1S/C16H12F3N3O/c17-16(18,19)10-5-1-2-6-11(10)22-15(23)9-14-20-12-7-3-4-8-13(12)21-14/h1-8H,9H2,(H,20,21)(H,22,23). The van der Waals surface area contributed by atoms with Gasteiger partial charge in [-0.1, -0.05) is 24.3 Å². The lowest BCUT2D eigenvalue weighted by atomic mass is 10.1. The van der Waals surface area contributed by atoms with Crippen LogP contribution in [0, 0.1) is 0 Å². The molecule has 0 radical (unpaired) electrons. The highest BCUT2D eigenvalue weighted by Crippen LogP contribution is 2.34. The molecule has 0 unspecified atom stereocenters. The van der Waals surface area contributed by atoms with Crippen molar-refractivity contribution in [1.29, 1.82) is 0 Å². The van der Waals surface area contributed by atoms with Crippen LogP contribution >= 0.6 is 0 Å². The van der Waals surface area contributed by atoms with Crippen LogP contribution in [0.4, 0.5) is 18.9 Å². The zero-order valence-corrected chi connectivity index (χ0v) is 11.8. The summed E-state index contributed by atoms with van der Waals surface area (Å²) >= 11 is 0. The van der Waals surface area contributed by atoms with E-state index in [-0.39, 0.29) is 12.1 Å². The molecule has 3 rings (SSSR count). The summed E-state index contributed by atoms with van der Waals surface area (Å²) in [5, 5.41) is 2.29. The van der Waals surface area contributed by atoms with E-state index in [0.29, 0.717) is 11.3 Å². The number of benzene rings is 2. The van der Waals surface area contributed by atoms with Crippen molar-refractivity contribution in [2.75, 3.05) is 5.32 Å². The number of imidazole rings is 1. The van der Waals surface area contributed by atoms with Gasteiger partial charge < -0.3 is 10.3 Å². The summed E-state index contributed by atoms with van der Waals surface area (Å²) < 4.78 is 38.7. The van der Waals surface area contributed by atoms with Crippen LogP contribution in [-0.2, 0) is 17.4 Å². The zero-order valence-electron chi connectivity index (χ0n) is 11.8. The molecule has 1 heterocycles. The van der Waals surface area contributed by atoms with E-state index >= 15 is 0 Å². The van der Waals surface area contributed by atoms with Crippen molar-refractivity contribution in [1.82, 2.24) is 9.97 Å². The van der Waals surface area contributed by atoms with Gasteiger partial charge in [0, 0.05) is 0 Å². The van der Waals surface area contributed by atoms with Crippen molar-refractivity contribution in [2.45, 2.75) is 12.6 Å². The molecule has 1 amide bonds. The number of anilines is 1. The number of aromatic nitrogens is 2. The molecule has 2 aromatic carbocycles. The van der Waals surface area contributed by atoms with Gasteiger partial charge in [0.2, 0.25) is 5.91 Å². The van der Waals surface area contributed by atoms with Gasteiger partial charge in [0.1, 0.15) is 5.82 Å². The summed E-state index contributed by atoms with van der Waals surface area (Å²) in [6.07, 6.45) is -4.66. The molecule has 0 saturated heterocycles. The number of nitrogens with zero attached hydrogens (tertiary/aromatic N) is 1. The number of hydrogen-bond donors (Lipinski definition) is 2. The number of carbonyl (C=O) groups excluding carboxylic acids is 1. The topological polar surface area (TPSA) is 57.8 Å². The van der Waals surface area contributed by atoms with Crippen molar-refractivity contribution in [2.24, 2.45) is 0 Å². The number of rotatable bonds is 3. The number of hydrogen-bond acceptors (Lipinski definition) is 2. The highest BCUT2D eigenvalue weighted by Gasteiger charge is 2.33. The lowest BCUT2D eigenvalue weighted by Gasteiger charge is -2.13. The Hall–Kier alpha value is -2.83. The summed E-state index contributed by atoms with van der Waals surface area (Å²) in [5.41, 5.74) is 0.330. The summed E-state index contributed by atoms with van der Waals surface area (Å²) in [6, 6.07) is 12.1. The van der Waals surface area contributed by atoms with Crippen LogP contribution in [0.1, 0.15) is 11.4 Å². The van der Waals surface area contributed by atoms with E-state index < -0.39 is 17.6 Å². The van der Waals surface area contributed by atoms with Gasteiger partial charge in [-0.25, -0.2) is 4.98 Å². The van der Waals surface area contributed by atoms with E-state index in [0.717, 1.165) is 11.6 Å². The SMILES string of the molecule is O=C(Cc1nc2ccccc2[nH]1)Nc1ccccc1C(F)(F)F. The molecule has 23 heavy (non-hydrogen) atoms. The van der Waals surface area contributed by atoms with Crippen LogP contribution < -0.4 is 5.32 Å². The third-order valence-corrected chi connectivity index (χ3v) is 3.27. The summed E-state index contributed by atoms with van der Waals surface area (Å²) in [7, 11) is 0. The van der Waals surface area contributed by atoms with Crippen molar-refractivity contribution >= 4 is 22.6 Å². The maximum Gasteiger partial charge on any atom is 0.418 e. The highest BCUT2D eigenvalue weighted by atomic mass is 19.4. The van der Waals surface area contributed by atoms with Crippen molar-refractivity contribution in [3.05, 3.63) is 59.9 Å². The van der Waals surface area contributed by atoms with Gasteiger partial charge in [-0.05, 0) is 24.3 Å². The van der Waals surface area contributed by atoms with E-state index in [1.807, 2.05) is 18.2 Å². The molecule has 4 nitrogen and oxygen atoms in total. The average Bonchev–Trinajstić information content (AvgIpc) is 2.88. The predicted molar refractivity (Wildman–Crippen MR) is 79.9 cm³/mol. The molecule has 3 aromatic rings. The van der Waals surface area contributed by atoms with Crippen molar-refractivity contribution in [3.8, 4) is 0 Å². The summed E-state index contributed by atoms with van der Waals surface area (Å²) in [4.78, 5) is 19.2. The first-order valence-corrected chi connectivity index (χ1v) is 6.83. The number of aromatic amines is 1. The van der Waals surface area contributed by atoms with E-state index in [1.165, 1.54) is 18.2 Å². The quantitative estimate of drug-likeness (QED) is 0.772. The van der Waals surface area contributed by atoms with Crippen LogP contribution in [-0.4, -0.2) is 15.9 Å². The molecule has 0 fully saturated rings. The normalized spacial score (nSPS) is 11.6. The number of H-pyrrole nitrogens is 1. The smallest absolute Gasteiger partial charge is 0.342 e. The van der Waals surface area contributed by atoms with E-state index in [2.05, 4.69) is 15.3 Å². The van der Waals surface area contributed by atoms with E-state index in [4.69, 9.17) is 0 Å². The lowest BCUT2D eigenvalue weighted by molar-refractivity contribution is -0.137. The molecule has 1 aromatic heterocycles. The van der Waals surface area contributed by atoms with Gasteiger partial charge in [0.25, 0.3) is 0 Å². The highest BCUT2D eigenvalue weighted by molar-refractivity contribution is 5.93. The predicted octanol–water partition coefficient (Wildman–Crippen LogP) is 3.76. The third-order valence-electron chi connectivity index (χ3n) is 3.27. The van der Waals surface area contributed by atoms with Gasteiger partial charge in [-0.15, -0.1) is 0 Å². The van der Waals surface area contributed by atoms with Crippen LogP contribution in [0.15, 0.2) is 48.5 Å². The molecule has 0 saturated carbocycles. The average molecular weight is 319 g/mol. The zero-order chi connectivity index (χ0) is 16.4. The Morgan fingerprint density at radius 1 is 1.09 bits per heavy atom. The number of fused-ring (bicyclic) bond motifs is 1. The number of carbonyl (C=O) groups is 1. The second-order valence-corrected chi connectivity index (χ2v) is 4.97. The molecule has 0 aliphatic carbocycles. The Labute approximate surface area is 129 Å². The van der Waals surface area contributed by atoms with E-state index in [1.54, 1.807) is 6.07 Å². The molecule has 0 aliphatic rings. The monoisotopic (exact) mass is 319 g/mol. The van der Waals surface area contributed by atoms with Gasteiger partial charge in [0.05, 0.1) is 28.7 Å². The second-order valence-electron chi connectivity index (χ2n) is 4.97. The number of halogens is 3. The molecular formula is C16H12F3N3O. The molecule has 7 heteroatoms. The minimum Gasteiger partial charge on any atom is -0.342 e. The van der Waals surface area contributed by atoms with Crippen LogP contribution in [0.2, 0.25) is 0 Å². The molecule has 118 valence electrons. The maximum absolute atomic E-state index is 12.9. The first kappa shape index (κ1) is 15.1. The fraction of sp³-hybridized carbons (Fsp3) is 0.125. The molecule has 0 aliphatic heterocycles. The molecule has 0 atom stereocenters. The number of para-hydroxylation sites is 3. The Morgan fingerprint density at radius 3 is 2.52 bits per heavy atom. The fourth-order valence-electron chi connectivity index (χ4n) is 2.28. The number of nitrogens with one attached hydrogen (secondary N) is 2. The molecule has 0 spiro atoms. The fourth-order valence-corrected chi connectivity index (χ4v) is 2.28. The summed E-state index contributed by atoms with van der Waals surface area (Å²) in [5.74, 6) is -0.172.